The highest BCUT2D eigenvalue weighted by Crippen LogP contribution is 2.51. The minimum atomic E-state index is -3.15. The third-order valence-corrected chi connectivity index (χ3v) is 5.35. The lowest BCUT2D eigenvalue weighted by Crippen LogP contribution is -2.20. The van der Waals surface area contributed by atoms with E-state index < -0.39 is 7.60 Å². The molecule has 1 aliphatic rings. The molecule has 20 heavy (non-hydrogen) atoms. The first-order valence-corrected chi connectivity index (χ1v) is 8.91. The molecule has 0 spiro atoms. The summed E-state index contributed by atoms with van der Waals surface area (Å²) < 4.78 is 23.3. The van der Waals surface area contributed by atoms with Gasteiger partial charge in [0, 0.05) is 6.42 Å². The van der Waals surface area contributed by atoms with Crippen LogP contribution in [0.25, 0.3) is 0 Å². The second-order valence-corrected chi connectivity index (χ2v) is 7.17. The summed E-state index contributed by atoms with van der Waals surface area (Å²) in [6.07, 6.45) is 3.79. The number of hydrogen-bond acceptors (Lipinski definition) is 4. The van der Waals surface area contributed by atoms with Gasteiger partial charge in [-0.2, -0.15) is 0 Å². The van der Waals surface area contributed by atoms with E-state index in [9.17, 15) is 9.36 Å². The molecule has 0 aromatic carbocycles. The van der Waals surface area contributed by atoms with E-state index >= 15 is 0 Å². The summed E-state index contributed by atoms with van der Waals surface area (Å²) in [6.45, 7) is 9.99. The van der Waals surface area contributed by atoms with Crippen LogP contribution in [0.15, 0.2) is 23.8 Å². The summed E-state index contributed by atoms with van der Waals surface area (Å²) in [7, 11) is -3.15. The molecule has 4 nitrogen and oxygen atoms in total. The number of carbonyl (C=O) groups excluding carboxylic acids is 1. The fraction of sp³-hybridized carbons (Fsp3) is 0.667. The average molecular weight is 300 g/mol. The van der Waals surface area contributed by atoms with Crippen LogP contribution in [-0.4, -0.2) is 25.2 Å². The van der Waals surface area contributed by atoms with Crippen LogP contribution >= 0.6 is 7.60 Å². The van der Waals surface area contributed by atoms with Gasteiger partial charge in [-0.3, -0.25) is 9.36 Å². The molecule has 0 bridgehead atoms. The van der Waals surface area contributed by atoms with Crippen molar-refractivity contribution in [2.45, 2.75) is 40.0 Å². The zero-order chi connectivity index (χ0) is 15.2. The molecule has 5 heteroatoms. The molecule has 0 aliphatic heterocycles. The van der Waals surface area contributed by atoms with Gasteiger partial charge in [-0.1, -0.05) is 18.6 Å². The van der Waals surface area contributed by atoms with Crippen molar-refractivity contribution in [2.75, 3.05) is 19.4 Å². The molecule has 0 aromatic heterocycles. The fourth-order valence-corrected chi connectivity index (χ4v) is 4.40. The first kappa shape index (κ1) is 17.4. The van der Waals surface area contributed by atoms with Crippen LogP contribution in [-0.2, 0) is 18.4 Å². The standard InChI is InChI=1S/C15H25O4P/c1-5-8-14-13(9-12(4)10-15(14)16)11-20(17,18-6-2)19-7-3/h5,12H,1,6-11H2,2-4H3. The monoisotopic (exact) mass is 300 g/mol. The van der Waals surface area contributed by atoms with Gasteiger partial charge in [-0.15, -0.1) is 6.58 Å². The van der Waals surface area contributed by atoms with Gasteiger partial charge in [-0.25, -0.2) is 0 Å². The highest BCUT2D eigenvalue weighted by Gasteiger charge is 2.31. The van der Waals surface area contributed by atoms with Crippen LogP contribution in [0.1, 0.15) is 40.0 Å². The average Bonchev–Trinajstić information content (AvgIpc) is 2.34. The minimum Gasteiger partial charge on any atom is -0.309 e. The predicted octanol–water partition coefficient (Wildman–Crippen LogP) is 4.12. The molecule has 0 saturated heterocycles. The molecule has 1 rings (SSSR count). The Morgan fingerprint density at radius 2 is 1.90 bits per heavy atom. The van der Waals surface area contributed by atoms with Crippen LogP contribution in [0.2, 0.25) is 0 Å². The van der Waals surface area contributed by atoms with Crippen LogP contribution in [0, 0.1) is 5.92 Å². The van der Waals surface area contributed by atoms with E-state index in [0.29, 0.717) is 26.1 Å². The molecule has 1 aliphatic carbocycles. The maximum Gasteiger partial charge on any atom is 0.334 e. The first-order chi connectivity index (χ1) is 9.45. The Morgan fingerprint density at radius 3 is 2.40 bits per heavy atom. The highest BCUT2D eigenvalue weighted by atomic mass is 31.2. The predicted molar refractivity (Wildman–Crippen MR) is 81.0 cm³/mol. The van der Waals surface area contributed by atoms with Gasteiger partial charge < -0.3 is 9.05 Å². The Bertz CT molecular complexity index is 429. The molecule has 0 N–H and O–H groups in total. The van der Waals surface area contributed by atoms with Crippen LogP contribution < -0.4 is 0 Å². The van der Waals surface area contributed by atoms with E-state index in [1.54, 1.807) is 19.9 Å². The smallest absolute Gasteiger partial charge is 0.309 e. The van der Waals surface area contributed by atoms with Gasteiger partial charge in [0.1, 0.15) is 0 Å². The Balaban J connectivity index is 3.04. The summed E-state index contributed by atoms with van der Waals surface area (Å²) in [6, 6.07) is 0. The molecule has 0 heterocycles. The zero-order valence-corrected chi connectivity index (χ0v) is 13.6. The fourth-order valence-electron chi connectivity index (χ4n) is 2.57. The summed E-state index contributed by atoms with van der Waals surface area (Å²) >= 11 is 0. The van der Waals surface area contributed by atoms with Gasteiger partial charge >= 0.3 is 7.60 Å². The van der Waals surface area contributed by atoms with E-state index in [-0.39, 0.29) is 17.9 Å². The van der Waals surface area contributed by atoms with E-state index in [2.05, 4.69) is 6.58 Å². The van der Waals surface area contributed by atoms with Gasteiger partial charge in [0.05, 0.1) is 19.4 Å². The Morgan fingerprint density at radius 1 is 1.30 bits per heavy atom. The van der Waals surface area contributed by atoms with Crippen molar-refractivity contribution < 1.29 is 18.4 Å². The Kier molecular flexibility index (Phi) is 6.87. The second kappa shape index (κ2) is 7.92. The molecule has 0 aromatic rings. The topological polar surface area (TPSA) is 52.6 Å². The van der Waals surface area contributed by atoms with Crippen LogP contribution in [0.5, 0.6) is 0 Å². The summed E-state index contributed by atoms with van der Waals surface area (Å²) in [5, 5.41) is 0. The van der Waals surface area contributed by atoms with E-state index in [1.165, 1.54) is 0 Å². The summed E-state index contributed by atoms with van der Waals surface area (Å²) in [5.41, 5.74) is 1.66. The largest absolute Gasteiger partial charge is 0.334 e. The molecular formula is C15H25O4P. The molecule has 0 fully saturated rings. The normalized spacial score (nSPS) is 20.4. The number of allylic oxidation sites excluding steroid dienone is 3. The van der Waals surface area contributed by atoms with Gasteiger partial charge in [0.25, 0.3) is 0 Å². The van der Waals surface area contributed by atoms with Crippen molar-refractivity contribution >= 4 is 13.4 Å². The Labute approximate surface area is 121 Å². The van der Waals surface area contributed by atoms with E-state index in [1.807, 2.05) is 6.92 Å². The Hall–Kier alpha value is -0.700. The first-order valence-electron chi connectivity index (χ1n) is 7.18. The minimum absolute atomic E-state index is 0.137. The third-order valence-electron chi connectivity index (χ3n) is 3.28. The lowest BCUT2D eigenvalue weighted by Gasteiger charge is -2.26. The van der Waals surface area contributed by atoms with E-state index in [4.69, 9.17) is 9.05 Å². The molecule has 0 amide bonds. The van der Waals surface area contributed by atoms with Crippen molar-refractivity contribution in [3.63, 3.8) is 0 Å². The lowest BCUT2D eigenvalue weighted by atomic mass is 9.83. The van der Waals surface area contributed by atoms with Gasteiger partial charge in [0.15, 0.2) is 5.78 Å². The number of hydrogen-bond donors (Lipinski definition) is 0. The van der Waals surface area contributed by atoms with Crippen molar-refractivity contribution in [1.29, 1.82) is 0 Å². The van der Waals surface area contributed by atoms with Gasteiger partial charge in [0.2, 0.25) is 0 Å². The quantitative estimate of drug-likeness (QED) is 0.499. The number of rotatable bonds is 8. The summed E-state index contributed by atoms with van der Waals surface area (Å²) in [5.74, 6) is 0.418. The second-order valence-electron chi connectivity index (χ2n) is 5.12. The van der Waals surface area contributed by atoms with Crippen molar-refractivity contribution in [2.24, 2.45) is 5.92 Å². The van der Waals surface area contributed by atoms with Gasteiger partial charge in [-0.05, 0) is 38.2 Å². The lowest BCUT2D eigenvalue weighted by molar-refractivity contribution is -0.116. The van der Waals surface area contributed by atoms with E-state index in [0.717, 1.165) is 17.6 Å². The molecular weight excluding hydrogens is 275 g/mol. The molecule has 1 atom stereocenters. The van der Waals surface area contributed by atoms with Crippen molar-refractivity contribution in [3.8, 4) is 0 Å². The maximum atomic E-state index is 12.6. The maximum absolute atomic E-state index is 12.6. The van der Waals surface area contributed by atoms with Crippen LogP contribution in [0.4, 0.5) is 0 Å². The molecule has 114 valence electrons. The zero-order valence-electron chi connectivity index (χ0n) is 12.7. The molecule has 0 radical (unpaired) electrons. The molecule has 0 saturated carbocycles. The number of ketones is 1. The molecule has 1 unspecified atom stereocenters. The SMILES string of the molecule is C=CCC1=C(CP(=O)(OCC)OCC)CC(C)CC1=O. The highest BCUT2D eigenvalue weighted by molar-refractivity contribution is 7.54. The van der Waals surface area contributed by atoms with Crippen LogP contribution in [0.3, 0.4) is 0 Å². The summed E-state index contributed by atoms with van der Waals surface area (Å²) in [4.78, 5) is 12.1. The number of Topliss-reactive ketones (excluding diaryl/α,β-unsaturated/α-hetero) is 1. The third kappa shape index (κ3) is 4.69. The van der Waals surface area contributed by atoms with Crippen molar-refractivity contribution in [3.05, 3.63) is 23.8 Å². The number of carbonyl (C=O) groups is 1. The van der Waals surface area contributed by atoms with Crippen molar-refractivity contribution in [1.82, 2.24) is 0 Å².